The number of carbonyl (C=O) groups is 2. The molecule has 1 aromatic heterocycles. The number of benzene rings is 1. The predicted molar refractivity (Wildman–Crippen MR) is 127 cm³/mol. The zero-order chi connectivity index (χ0) is 27.2. The Balaban J connectivity index is 1.60. The summed E-state index contributed by atoms with van der Waals surface area (Å²) in [4.78, 5) is 33.1. The average Bonchev–Trinajstić information content (AvgIpc) is 3.64. The van der Waals surface area contributed by atoms with Crippen molar-refractivity contribution in [2.45, 2.75) is 31.5 Å². The maximum atomic E-state index is 14.3. The van der Waals surface area contributed by atoms with Gasteiger partial charge in [-0.1, -0.05) is 18.7 Å². The molecule has 1 aliphatic rings. The molecule has 2 aromatic rings. The Bertz CT molecular complexity index is 1240. The van der Waals surface area contributed by atoms with E-state index in [9.17, 15) is 31.5 Å². The first kappa shape index (κ1) is 27.5. The molecular formula is C25H24F5N5O2. The van der Waals surface area contributed by atoms with Crippen LogP contribution in [0.2, 0.25) is 0 Å². The first-order chi connectivity index (χ1) is 17.4. The number of amides is 2. The summed E-state index contributed by atoms with van der Waals surface area (Å²) in [6, 6.07) is 2.22. The fourth-order valence-corrected chi connectivity index (χ4v) is 3.31. The molecule has 0 bridgehead atoms. The Morgan fingerprint density at radius 2 is 1.86 bits per heavy atom. The van der Waals surface area contributed by atoms with Crippen LogP contribution in [0.5, 0.6) is 0 Å². The van der Waals surface area contributed by atoms with Crippen LogP contribution in [0.15, 0.2) is 66.8 Å². The lowest BCUT2D eigenvalue weighted by atomic mass is 10.1. The van der Waals surface area contributed by atoms with Crippen molar-refractivity contribution >= 4 is 17.5 Å². The van der Waals surface area contributed by atoms with Gasteiger partial charge in [-0.3, -0.25) is 9.59 Å². The summed E-state index contributed by atoms with van der Waals surface area (Å²) in [5.74, 6) is -2.33. The smallest absolute Gasteiger partial charge is 0.381 e. The number of rotatable bonds is 10. The minimum absolute atomic E-state index is 0.00867. The lowest BCUT2D eigenvalue weighted by molar-refractivity contribution is -0.137. The Labute approximate surface area is 209 Å². The van der Waals surface area contributed by atoms with E-state index in [0.717, 1.165) is 18.2 Å². The summed E-state index contributed by atoms with van der Waals surface area (Å²) in [6.45, 7) is 4.61. The van der Waals surface area contributed by atoms with Crippen LogP contribution in [0.3, 0.4) is 0 Å². The third kappa shape index (κ3) is 7.21. The molecule has 1 saturated carbocycles. The molecule has 1 aliphatic carbocycles. The zero-order valence-corrected chi connectivity index (χ0v) is 19.8. The number of nitrogens with zero attached hydrogens (tertiary/aromatic N) is 2. The summed E-state index contributed by atoms with van der Waals surface area (Å²) in [5, 5.41) is 7.73. The van der Waals surface area contributed by atoms with Gasteiger partial charge in [-0.15, -0.1) is 0 Å². The van der Waals surface area contributed by atoms with E-state index >= 15 is 0 Å². The normalized spacial score (nSPS) is 15.1. The number of carbonyl (C=O) groups excluding carboxylic acids is 2. The molecule has 3 N–H and O–H groups in total. The molecule has 1 fully saturated rings. The number of nitrogens with one attached hydrogen (secondary N) is 3. The van der Waals surface area contributed by atoms with Crippen molar-refractivity contribution in [1.29, 1.82) is 0 Å². The number of halogens is 5. The predicted octanol–water partition coefficient (Wildman–Crippen LogP) is 4.40. The van der Waals surface area contributed by atoms with Crippen LogP contribution in [0.1, 0.15) is 34.6 Å². The second-order valence-electron chi connectivity index (χ2n) is 8.29. The van der Waals surface area contributed by atoms with Crippen LogP contribution in [0.25, 0.3) is 0 Å². The Hall–Kier alpha value is -4.09. The van der Waals surface area contributed by atoms with Gasteiger partial charge in [0.2, 0.25) is 5.91 Å². The van der Waals surface area contributed by atoms with Crippen molar-refractivity contribution in [3.63, 3.8) is 0 Å². The van der Waals surface area contributed by atoms with Crippen LogP contribution in [0.4, 0.5) is 27.6 Å². The number of alkyl halides is 3. The molecule has 12 heteroatoms. The monoisotopic (exact) mass is 521 g/mol. The molecule has 0 unspecified atom stereocenters. The first-order valence-electron chi connectivity index (χ1n) is 11.1. The third-order valence-electron chi connectivity index (χ3n) is 5.52. The van der Waals surface area contributed by atoms with Gasteiger partial charge >= 0.3 is 6.18 Å². The van der Waals surface area contributed by atoms with Gasteiger partial charge in [0, 0.05) is 36.7 Å². The van der Waals surface area contributed by atoms with Crippen LogP contribution in [-0.4, -0.2) is 40.4 Å². The van der Waals surface area contributed by atoms with Crippen LogP contribution < -0.4 is 16.0 Å². The van der Waals surface area contributed by atoms with Crippen LogP contribution in [-0.2, 0) is 11.0 Å². The van der Waals surface area contributed by atoms with Crippen LogP contribution >= 0.6 is 0 Å². The topological polar surface area (TPSA) is 96.0 Å². The van der Waals surface area contributed by atoms with E-state index in [0.29, 0.717) is 24.7 Å². The molecule has 37 heavy (non-hydrogen) atoms. The van der Waals surface area contributed by atoms with Crippen molar-refractivity contribution in [3.8, 4) is 0 Å². The molecule has 0 saturated heterocycles. The van der Waals surface area contributed by atoms with Crippen LogP contribution in [0, 0.1) is 12.7 Å². The standard InChI is InChI=1S/C25H24F5N5O2/c1-3-20(27)16(5-4-10-31-21-7-6-18(26)11-19(21)25(28,29)30)12-34-23(37)24(8-9-24)35-22(36)17-13-32-15(2)33-14-17/h3-7,11,13-14,31H,1,8-10,12H2,2H3,(H,34,37)(H,35,36)/b5-4-,20-16-. The highest BCUT2D eigenvalue weighted by atomic mass is 19.4. The third-order valence-corrected chi connectivity index (χ3v) is 5.52. The highest BCUT2D eigenvalue weighted by molar-refractivity contribution is 6.00. The number of aromatic nitrogens is 2. The second-order valence-corrected chi connectivity index (χ2v) is 8.29. The maximum absolute atomic E-state index is 14.3. The Morgan fingerprint density at radius 1 is 1.19 bits per heavy atom. The van der Waals surface area contributed by atoms with Crippen molar-refractivity contribution in [1.82, 2.24) is 20.6 Å². The molecule has 0 aliphatic heterocycles. The zero-order valence-electron chi connectivity index (χ0n) is 19.8. The molecular weight excluding hydrogens is 497 g/mol. The van der Waals surface area contributed by atoms with E-state index in [-0.39, 0.29) is 29.9 Å². The SMILES string of the molecule is C=C/C(F)=C(\C=C/CNc1ccc(F)cc1C(F)(F)F)CNC(=O)C1(NC(=O)c2cnc(C)nc2)CC1. The fraction of sp³-hybridized carbons (Fsp3) is 0.280. The van der Waals surface area contributed by atoms with E-state index < -0.39 is 40.7 Å². The summed E-state index contributed by atoms with van der Waals surface area (Å²) < 4.78 is 66.9. The molecule has 0 spiro atoms. The highest BCUT2D eigenvalue weighted by Gasteiger charge is 2.51. The van der Waals surface area contributed by atoms with Crippen molar-refractivity contribution in [2.75, 3.05) is 18.4 Å². The number of hydrogen-bond donors (Lipinski definition) is 3. The molecule has 7 nitrogen and oxygen atoms in total. The summed E-state index contributed by atoms with van der Waals surface area (Å²) in [5.41, 5.74) is -2.45. The quantitative estimate of drug-likeness (QED) is 0.318. The van der Waals surface area contributed by atoms with E-state index in [1.165, 1.54) is 24.5 Å². The lowest BCUT2D eigenvalue weighted by Crippen LogP contribution is -2.49. The second kappa shape index (κ2) is 11.3. The largest absolute Gasteiger partial charge is 0.418 e. The Kier molecular flexibility index (Phi) is 8.41. The maximum Gasteiger partial charge on any atom is 0.418 e. The average molecular weight is 521 g/mol. The summed E-state index contributed by atoms with van der Waals surface area (Å²) in [6.07, 6.45) is 2.25. The molecule has 0 radical (unpaired) electrons. The van der Waals surface area contributed by atoms with E-state index in [2.05, 4.69) is 32.5 Å². The number of aryl methyl sites for hydroxylation is 1. The summed E-state index contributed by atoms with van der Waals surface area (Å²) in [7, 11) is 0. The lowest BCUT2D eigenvalue weighted by Gasteiger charge is -2.17. The van der Waals surface area contributed by atoms with Gasteiger partial charge in [0.05, 0.1) is 11.1 Å². The van der Waals surface area contributed by atoms with E-state index in [4.69, 9.17) is 0 Å². The Morgan fingerprint density at radius 3 is 2.46 bits per heavy atom. The number of anilines is 1. The number of allylic oxidation sites excluding steroid dienone is 2. The molecule has 1 aromatic carbocycles. The van der Waals surface area contributed by atoms with Crippen molar-refractivity contribution in [3.05, 3.63) is 89.6 Å². The number of hydrogen-bond acceptors (Lipinski definition) is 5. The van der Waals surface area contributed by atoms with Gasteiger partial charge in [-0.25, -0.2) is 18.7 Å². The van der Waals surface area contributed by atoms with Gasteiger partial charge in [0.15, 0.2) is 0 Å². The van der Waals surface area contributed by atoms with Gasteiger partial charge in [0.25, 0.3) is 5.91 Å². The van der Waals surface area contributed by atoms with Gasteiger partial charge in [0.1, 0.15) is 23.0 Å². The summed E-state index contributed by atoms with van der Waals surface area (Å²) >= 11 is 0. The van der Waals surface area contributed by atoms with E-state index in [1.54, 1.807) is 6.92 Å². The molecule has 0 atom stereocenters. The van der Waals surface area contributed by atoms with E-state index in [1.807, 2.05) is 0 Å². The van der Waals surface area contributed by atoms with Crippen molar-refractivity contribution < 1.29 is 31.5 Å². The minimum atomic E-state index is -4.76. The van der Waals surface area contributed by atoms with Crippen molar-refractivity contribution in [2.24, 2.45) is 0 Å². The molecule has 2 amide bonds. The molecule has 196 valence electrons. The minimum Gasteiger partial charge on any atom is -0.381 e. The molecule has 3 rings (SSSR count). The van der Waals surface area contributed by atoms with Gasteiger partial charge in [-0.05, 0) is 44.0 Å². The highest BCUT2D eigenvalue weighted by Crippen LogP contribution is 2.36. The van der Waals surface area contributed by atoms with Gasteiger partial charge < -0.3 is 16.0 Å². The fourth-order valence-electron chi connectivity index (χ4n) is 3.31. The van der Waals surface area contributed by atoms with Gasteiger partial charge in [-0.2, -0.15) is 13.2 Å². The molecule has 1 heterocycles. The first-order valence-corrected chi connectivity index (χ1v) is 11.1.